The zero-order valence-corrected chi connectivity index (χ0v) is 19.7. The van der Waals surface area contributed by atoms with Gasteiger partial charge in [-0.3, -0.25) is 9.69 Å². The van der Waals surface area contributed by atoms with Crippen molar-refractivity contribution >= 4 is 63.5 Å². The van der Waals surface area contributed by atoms with Gasteiger partial charge in [-0.25, -0.2) is 0 Å². The van der Waals surface area contributed by atoms with Crippen LogP contribution in [0, 0.1) is 0 Å². The van der Waals surface area contributed by atoms with E-state index in [1.165, 1.54) is 0 Å². The largest absolute Gasteiger partial charge is 0.507 e. The van der Waals surface area contributed by atoms with Gasteiger partial charge in [-0.15, -0.1) is 24.8 Å². The molecule has 0 atom stereocenters. The van der Waals surface area contributed by atoms with Crippen LogP contribution in [0.2, 0.25) is 0 Å². The molecule has 31 heavy (non-hydrogen) atoms. The molecule has 0 bridgehead atoms. The van der Waals surface area contributed by atoms with Crippen LogP contribution in [-0.4, -0.2) is 47.0 Å². The third-order valence-electron chi connectivity index (χ3n) is 5.47. The molecule has 1 aromatic heterocycles. The number of piperazine rings is 1. The number of hydrogen-bond donors (Lipinski definition) is 3. The van der Waals surface area contributed by atoms with Gasteiger partial charge in [0.05, 0.1) is 11.1 Å². The van der Waals surface area contributed by atoms with Crippen LogP contribution in [0.15, 0.2) is 46.8 Å². The first kappa shape index (κ1) is 23.6. The maximum absolute atomic E-state index is 13.0. The number of aromatic amines is 1. The summed E-state index contributed by atoms with van der Waals surface area (Å²) in [5, 5.41) is 14.8. The number of ketones is 1. The van der Waals surface area contributed by atoms with Gasteiger partial charge in [-0.05, 0) is 36.4 Å². The maximum atomic E-state index is 13.0. The quantitative estimate of drug-likeness (QED) is 0.438. The molecule has 0 aliphatic carbocycles. The highest BCUT2D eigenvalue weighted by Crippen LogP contribution is 2.40. The molecule has 3 heterocycles. The molecule has 0 unspecified atom stereocenters. The maximum Gasteiger partial charge on any atom is 0.231 e. The lowest BCUT2D eigenvalue weighted by atomic mass is 10.0. The summed E-state index contributed by atoms with van der Waals surface area (Å²) >= 11 is 3.49. The van der Waals surface area contributed by atoms with Crippen LogP contribution >= 0.6 is 40.7 Å². The molecule has 0 amide bonds. The van der Waals surface area contributed by atoms with Crippen LogP contribution in [0.3, 0.4) is 0 Å². The zero-order valence-electron chi connectivity index (χ0n) is 16.5. The van der Waals surface area contributed by atoms with Crippen LogP contribution in [0.5, 0.6) is 11.5 Å². The van der Waals surface area contributed by atoms with Crippen molar-refractivity contribution in [3.05, 3.63) is 63.5 Å². The van der Waals surface area contributed by atoms with E-state index in [1.807, 2.05) is 24.4 Å². The van der Waals surface area contributed by atoms with Crippen molar-refractivity contribution in [1.82, 2.24) is 15.2 Å². The number of allylic oxidation sites excluding steroid dienone is 1. The first-order valence-electron chi connectivity index (χ1n) is 9.59. The standard InChI is InChI=1S/C22H20BrN3O3.2ClH/c23-14-1-3-18-16(10-14)13(11-25-18)9-20-21(28)15-2-4-19(27)17(22(15)29-20)12-26-7-5-24-6-8-26;;/h1-4,9-11,24-25,27H,5-8,12H2;2*1H/b20-9-;;. The highest BCUT2D eigenvalue weighted by atomic mass is 79.9. The molecule has 2 aromatic carbocycles. The Kier molecular flexibility index (Phi) is 7.34. The number of halogens is 3. The molecular formula is C22H22BrCl2N3O3. The molecule has 5 rings (SSSR count). The van der Waals surface area contributed by atoms with Crippen LogP contribution in [0.4, 0.5) is 0 Å². The Bertz CT molecular complexity index is 1160. The number of phenols is 1. The first-order valence-corrected chi connectivity index (χ1v) is 10.4. The van der Waals surface area contributed by atoms with E-state index in [2.05, 4.69) is 31.1 Å². The van der Waals surface area contributed by atoms with Crippen molar-refractivity contribution < 1.29 is 14.6 Å². The Morgan fingerprint density at radius 2 is 1.94 bits per heavy atom. The van der Waals surface area contributed by atoms with Crippen molar-refractivity contribution in [1.29, 1.82) is 0 Å². The normalized spacial score (nSPS) is 17.2. The third kappa shape index (κ3) is 4.47. The number of aromatic nitrogens is 1. The molecule has 2 aliphatic heterocycles. The lowest BCUT2D eigenvalue weighted by Gasteiger charge is -2.27. The van der Waals surface area contributed by atoms with Crippen molar-refractivity contribution in [3.63, 3.8) is 0 Å². The van der Waals surface area contributed by atoms with Gasteiger partial charge in [0, 0.05) is 59.9 Å². The number of fused-ring (bicyclic) bond motifs is 2. The number of carbonyl (C=O) groups is 1. The predicted molar refractivity (Wildman–Crippen MR) is 130 cm³/mol. The minimum atomic E-state index is -0.161. The molecule has 1 fully saturated rings. The van der Waals surface area contributed by atoms with E-state index < -0.39 is 0 Å². The second-order valence-electron chi connectivity index (χ2n) is 7.34. The van der Waals surface area contributed by atoms with Crippen LogP contribution in [-0.2, 0) is 6.54 Å². The van der Waals surface area contributed by atoms with Gasteiger partial charge in [0.2, 0.25) is 5.78 Å². The minimum Gasteiger partial charge on any atom is -0.507 e. The lowest BCUT2D eigenvalue weighted by Crippen LogP contribution is -2.42. The van der Waals surface area contributed by atoms with E-state index in [9.17, 15) is 9.90 Å². The molecule has 6 nitrogen and oxygen atoms in total. The molecule has 0 radical (unpaired) electrons. The van der Waals surface area contributed by atoms with Gasteiger partial charge in [0.25, 0.3) is 0 Å². The molecule has 0 spiro atoms. The van der Waals surface area contributed by atoms with Crippen molar-refractivity contribution in [2.75, 3.05) is 26.2 Å². The smallest absolute Gasteiger partial charge is 0.231 e. The summed E-state index contributed by atoms with van der Waals surface area (Å²) < 4.78 is 6.98. The number of benzene rings is 2. The van der Waals surface area contributed by atoms with Crippen LogP contribution < -0.4 is 10.1 Å². The number of phenolic OH excluding ortho intramolecular Hbond substituents is 1. The topological polar surface area (TPSA) is 77.6 Å². The van der Waals surface area contributed by atoms with Gasteiger partial charge in [0.1, 0.15) is 11.5 Å². The van der Waals surface area contributed by atoms with Gasteiger partial charge in [-0.1, -0.05) is 15.9 Å². The Balaban J connectivity index is 0.00000136. The van der Waals surface area contributed by atoms with E-state index in [-0.39, 0.29) is 42.1 Å². The summed E-state index contributed by atoms with van der Waals surface area (Å²) in [6, 6.07) is 9.18. The highest BCUT2D eigenvalue weighted by molar-refractivity contribution is 9.10. The summed E-state index contributed by atoms with van der Waals surface area (Å²) in [6.45, 7) is 4.17. The molecular weight excluding hydrogens is 505 g/mol. The van der Waals surface area contributed by atoms with Gasteiger partial charge >= 0.3 is 0 Å². The Hall–Kier alpha value is -2.03. The fraction of sp³-hybridized carbons (Fsp3) is 0.227. The molecule has 2 aliphatic rings. The first-order chi connectivity index (χ1) is 14.1. The lowest BCUT2D eigenvalue weighted by molar-refractivity contribution is 0.101. The molecule has 0 saturated carbocycles. The van der Waals surface area contributed by atoms with Crippen molar-refractivity contribution in [3.8, 4) is 11.5 Å². The van der Waals surface area contributed by atoms with Crippen molar-refractivity contribution in [2.45, 2.75) is 6.54 Å². The summed E-state index contributed by atoms with van der Waals surface area (Å²) in [5.41, 5.74) is 3.04. The summed E-state index contributed by atoms with van der Waals surface area (Å²) in [5.74, 6) is 0.743. The Morgan fingerprint density at radius 3 is 2.71 bits per heavy atom. The fourth-order valence-electron chi connectivity index (χ4n) is 3.92. The summed E-state index contributed by atoms with van der Waals surface area (Å²) in [4.78, 5) is 18.4. The predicted octanol–water partition coefficient (Wildman–Crippen LogP) is 4.50. The minimum absolute atomic E-state index is 0. The second kappa shape index (κ2) is 9.63. The number of nitrogens with zero attached hydrogens (tertiary/aromatic N) is 1. The molecule has 1 saturated heterocycles. The van der Waals surface area contributed by atoms with Gasteiger partial charge < -0.3 is 20.1 Å². The molecule has 3 aromatic rings. The average Bonchev–Trinajstić information content (AvgIpc) is 3.26. The third-order valence-corrected chi connectivity index (χ3v) is 5.96. The van der Waals surface area contributed by atoms with Crippen molar-refractivity contribution in [2.24, 2.45) is 0 Å². The SMILES string of the molecule is Cl.Cl.O=C1/C(=C/c2c[nH]c3ccc(Br)cc23)Oc2c1ccc(O)c2CN1CCNCC1. The van der Waals surface area contributed by atoms with Crippen LogP contribution in [0.25, 0.3) is 17.0 Å². The molecule has 3 N–H and O–H groups in total. The number of rotatable bonds is 3. The molecule has 164 valence electrons. The Labute approximate surface area is 200 Å². The Morgan fingerprint density at radius 1 is 1.16 bits per heavy atom. The van der Waals surface area contributed by atoms with Gasteiger partial charge in [-0.2, -0.15) is 0 Å². The summed E-state index contributed by atoms with van der Waals surface area (Å²) in [7, 11) is 0. The highest BCUT2D eigenvalue weighted by Gasteiger charge is 2.32. The number of nitrogens with one attached hydrogen (secondary N) is 2. The average molecular weight is 527 g/mol. The molecule has 9 heteroatoms. The van der Waals surface area contributed by atoms with Crippen LogP contribution in [0.1, 0.15) is 21.5 Å². The number of hydrogen-bond acceptors (Lipinski definition) is 5. The fourth-order valence-corrected chi connectivity index (χ4v) is 4.28. The number of H-pyrrole nitrogens is 1. The van der Waals surface area contributed by atoms with E-state index in [0.29, 0.717) is 23.4 Å². The summed E-state index contributed by atoms with van der Waals surface area (Å²) in [6.07, 6.45) is 3.63. The van der Waals surface area contributed by atoms with Gasteiger partial charge in [0.15, 0.2) is 5.76 Å². The van der Waals surface area contributed by atoms with E-state index >= 15 is 0 Å². The number of aromatic hydroxyl groups is 1. The number of carbonyl (C=O) groups excluding carboxylic acids is 1. The zero-order chi connectivity index (χ0) is 20.0. The second-order valence-corrected chi connectivity index (χ2v) is 8.26. The number of ether oxygens (including phenoxy) is 1. The monoisotopic (exact) mass is 525 g/mol. The number of Topliss-reactive ketones (excluding diaryl/α,β-unsaturated/α-hetero) is 1. The van der Waals surface area contributed by atoms with E-state index in [4.69, 9.17) is 4.74 Å². The van der Waals surface area contributed by atoms with E-state index in [0.717, 1.165) is 47.1 Å². The van der Waals surface area contributed by atoms with E-state index in [1.54, 1.807) is 18.2 Å².